The summed E-state index contributed by atoms with van der Waals surface area (Å²) >= 11 is 0. The van der Waals surface area contributed by atoms with Gasteiger partial charge in [0.05, 0.1) is 0 Å². The molecule has 1 aliphatic heterocycles. The van der Waals surface area contributed by atoms with Crippen LogP contribution < -0.4 is 5.84 Å². The second-order valence-corrected chi connectivity index (χ2v) is 3.27. The van der Waals surface area contributed by atoms with Crippen molar-refractivity contribution < 1.29 is 14.6 Å². The monoisotopic (exact) mass is 160 g/mol. The standard InChI is InChI=1S/C6H12N2O3/c1-5(2)6(3,10)8(7)4(9)11-5/h10H,7H2,1-3H3/t6-/m0/s1. The number of aliphatic hydroxyl groups is 1. The lowest BCUT2D eigenvalue weighted by molar-refractivity contribution is -0.127. The second kappa shape index (κ2) is 1.86. The zero-order chi connectivity index (χ0) is 8.86. The Morgan fingerprint density at radius 1 is 1.55 bits per heavy atom. The first-order chi connectivity index (χ1) is 4.79. The summed E-state index contributed by atoms with van der Waals surface area (Å²) in [7, 11) is 0. The minimum Gasteiger partial charge on any atom is -0.437 e. The van der Waals surface area contributed by atoms with Crippen molar-refractivity contribution in [2.45, 2.75) is 32.1 Å². The molecule has 0 aromatic rings. The minimum absolute atomic E-state index is 0.688. The summed E-state index contributed by atoms with van der Waals surface area (Å²) in [6, 6.07) is 0. The van der Waals surface area contributed by atoms with Gasteiger partial charge in [-0.15, -0.1) is 0 Å². The normalized spacial score (nSPS) is 35.7. The van der Waals surface area contributed by atoms with E-state index in [9.17, 15) is 9.90 Å². The van der Waals surface area contributed by atoms with E-state index >= 15 is 0 Å². The van der Waals surface area contributed by atoms with E-state index in [1.807, 2.05) is 0 Å². The van der Waals surface area contributed by atoms with Gasteiger partial charge in [-0.25, -0.2) is 15.6 Å². The number of hydrazine groups is 1. The second-order valence-electron chi connectivity index (χ2n) is 3.27. The Morgan fingerprint density at radius 2 is 2.00 bits per heavy atom. The first kappa shape index (κ1) is 8.29. The van der Waals surface area contributed by atoms with Gasteiger partial charge in [0.2, 0.25) is 0 Å². The molecule has 1 fully saturated rings. The predicted molar refractivity (Wildman–Crippen MR) is 37.2 cm³/mol. The molecule has 0 spiro atoms. The first-order valence-electron chi connectivity index (χ1n) is 3.29. The molecular formula is C6H12N2O3. The molecule has 0 bridgehead atoms. The molecule has 1 atom stereocenters. The predicted octanol–water partition coefficient (Wildman–Crippen LogP) is -0.201. The maximum absolute atomic E-state index is 10.8. The maximum Gasteiger partial charge on any atom is 0.427 e. The van der Waals surface area contributed by atoms with Gasteiger partial charge in [0, 0.05) is 0 Å². The summed E-state index contributed by atoms with van der Waals surface area (Å²) in [6.45, 7) is 4.62. The van der Waals surface area contributed by atoms with E-state index in [4.69, 9.17) is 10.6 Å². The number of carbonyl (C=O) groups is 1. The number of ether oxygens (including phenoxy) is 1. The maximum atomic E-state index is 10.8. The zero-order valence-corrected chi connectivity index (χ0v) is 6.79. The van der Waals surface area contributed by atoms with Gasteiger partial charge in [-0.1, -0.05) is 0 Å². The van der Waals surface area contributed by atoms with Gasteiger partial charge in [0.15, 0.2) is 11.3 Å². The fourth-order valence-electron chi connectivity index (χ4n) is 0.832. The van der Waals surface area contributed by atoms with E-state index in [0.717, 1.165) is 0 Å². The lowest BCUT2D eigenvalue weighted by atomic mass is 9.97. The highest BCUT2D eigenvalue weighted by atomic mass is 16.6. The summed E-state index contributed by atoms with van der Waals surface area (Å²) in [4.78, 5) is 10.8. The van der Waals surface area contributed by atoms with E-state index in [1.54, 1.807) is 13.8 Å². The van der Waals surface area contributed by atoms with Crippen LogP contribution in [0.15, 0.2) is 0 Å². The summed E-state index contributed by atoms with van der Waals surface area (Å²) in [5, 5.41) is 10.3. The third kappa shape index (κ3) is 0.883. The Bertz CT molecular complexity index is 200. The average molecular weight is 160 g/mol. The molecule has 11 heavy (non-hydrogen) atoms. The molecule has 1 saturated heterocycles. The number of hydrogen-bond acceptors (Lipinski definition) is 4. The first-order valence-corrected chi connectivity index (χ1v) is 3.29. The lowest BCUT2D eigenvalue weighted by Crippen LogP contribution is -2.56. The molecule has 0 aliphatic carbocycles. The molecule has 0 radical (unpaired) electrons. The average Bonchev–Trinajstić information content (AvgIpc) is 1.93. The van der Waals surface area contributed by atoms with Crippen molar-refractivity contribution in [3.8, 4) is 0 Å². The van der Waals surface area contributed by atoms with Crippen LogP contribution >= 0.6 is 0 Å². The van der Waals surface area contributed by atoms with Crippen LogP contribution in [-0.4, -0.2) is 27.5 Å². The Hall–Kier alpha value is -0.810. The van der Waals surface area contributed by atoms with Crippen molar-refractivity contribution in [3.63, 3.8) is 0 Å². The zero-order valence-electron chi connectivity index (χ0n) is 6.79. The van der Waals surface area contributed by atoms with E-state index < -0.39 is 17.4 Å². The van der Waals surface area contributed by atoms with Crippen LogP contribution in [0.4, 0.5) is 4.79 Å². The molecule has 1 aliphatic rings. The lowest BCUT2D eigenvalue weighted by Gasteiger charge is -2.31. The molecule has 1 heterocycles. The van der Waals surface area contributed by atoms with Gasteiger partial charge in [-0.05, 0) is 20.8 Å². The molecule has 1 rings (SSSR count). The summed E-state index contributed by atoms with van der Waals surface area (Å²) in [5.74, 6) is 5.24. The number of cyclic esters (lactones) is 1. The van der Waals surface area contributed by atoms with E-state index in [2.05, 4.69) is 0 Å². The molecule has 0 unspecified atom stereocenters. The highest BCUT2D eigenvalue weighted by Gasteiger charge is 2.55. The van der Waals surface area contributed by atoms with Crippen molar-refractivity contribution in [1.82, 2.24) is 5.01 Å². The van der Waals surface area contributed by atoms with E-state index in [0.29, 0.717) is 5.01 Å². The smallest absolute Gasteiger partial charge is 0.427 e. The van der Waals surface area contributed by atoms with Crippen LogP contribution in [0.25, 0.3) is 0 Å². The molecule has 0 aromatic heterocycles. The summed E-state index contributed by atoms with van der Waals surface area (Å²) < 4.78 is 4.79. The Balaban J connectivity index is 3.01. The molecule has 3 N–H and O–H groups in total. The number of rotatable bonds is 0. The van der Waals surface area contributed by atoms with Crippen LogP contribution in [0.1, 0.15) is 20.8 Å². The highest BCUT2D eigenvalue weighted by molar-refractivity contribution is 5.71. The van der Waals surface area contributed by atoms with Crippen molar-refractivity contribution in [3.05, 3.63) is 0 Å². The fraction of sp³-hybridized carbons (Fsp3) is 0.833. The number of carbonyl (C=O) groups excluding carboxylic acids is 1. The van der Waals surface area contributed by atoms with Gasteiger partial charge in [-0.3, -0.25) is 0 Å². The largest absolute Gasteiger partial charge is 0.437 e. The van der Waals surface area contributed by atoms with Crippen LogP contribution in [0.5, 0.6) is 0 Å². The number of hydrogen-bond donors (Lipinski definition) is 2. The molecule has 5 heteroatoms. The van der Waals surface area contributed by atoms with Gasteiger partial charge in [0.1, 0.15) is 0 Å². The third-order valence-corrected chi connectivity index (χ3v) is 2.15. The molecular weight excluding hydrogens is 148 g/mol. The molecule has 5 nitrogen and oxygen atoms in total. The van der Waals surface area contributed by atoms with E-state index in [1.165, 1.54) is 6.92 Å². The van der Waals surface area contributed by atoms with Crippen LogP contribution in [-0.2, 0) is 4.74 Å². The fourth-order valence-corrected chi connectivity index (χ4v) is 0.832. The summed E-state index contributed by atoms with van der Waals surface area (Å²) in [5.41, 5.74) is -2.40. The molecule has 64 valence electrons. The van der Waals surface area contributed by atoms with Crippen molar-refractivity contribution >= 4 is 6.09 Å². The van der Waals surface area contributed by atoms with Gasteiger partial charge in [-0.2, -0.15) is 0 Å². The van der Waals surface area contributed by atoms with Crippen LogP contribution in [0, 0.1) is 0 Å². The highest BCUT2D eigenvalue weighted by Crippen LogP contribution is 2.34. The van der Waals surface area contributed by atoms with Gasteiger partial charge in [0.25, 0.3) is 0 Å². The SMILES string of the molecule is CC1(C)OC(=O)N(N)[C@@]1(C)O. The van der Waals surface area contributed by atoms with Gasteiger partial charge >= 0.3 is 6.09 Å². The number of nitrogens with two attached hydrogens (primary N) is 1. The number of amides is 1. The van der Waals surface area contributed by atoms with Crippen molar-refractivity contribution in [2.24, 2.45) is 5.84 Å². The molecule has 1 amide bonds. The van der Waals surface area contributed by atoms with Crippen molar-refractivity contribution in [2.75, 3.05) is 0 Å². The summed E-state index contributed by atoms with van der Waals surface area (Å²) in [6.07, 6.45) is -0.708. The van der Waals surface area contributed by atoms with Crippen LogP contribution in [0.3, 0.4) is 0 Å². The Labute approximate surface area is 64.7 Å². The third-order valence-electron chi connectivity index (χ3n) is 2.15. The topological polar surface area (TPSA) is 75.8 Å². The minimum atomic E-state index is -1.44. The molecule has 0 aromatic carbocycles. The quantitative estimate of drug-likeness (QED) is 0.380. The Morgan fingerprint density at radius 3 is 2.09 bits per heavy atom. The van der Waals surface area contributed by atoms with Crippen LogP contribution in [0.2, 0.25) is 0 Å². The molecule has 0 saturated carbocycles. The van der Waals surface area contributed by atoms with E-state index in [-0.39, 0.29) is 0 Å². The number of nitrogens with zero attached hydrogens (tertiary/aromatic N) is 1. The van der Waals surface area contributed by atoms with Gasteiger partial charge < -0.3 is 9.84 Å². The Kier molecular flexibility index (Phi) is 1.40. The van der Waals surface area contributed by atoms with Crippen molar-refractivity contribution in [1.29, 1.82) is 0 Å².